The first-order valence-corrected chi connectivity index (χ1v) is 12.6. The zero-order chi connectivity index (χ0) is 26.0. The fourth-order valence-corrected chi connectivity index (χ4v) is 5.80. The van der Waals surface area contributed by atoms with E-state index < -0.39 is 12.4 Å². The minimum atomic E-state index is -1.63. The van der Waals surface area contributed by atoms with E-state index >= 15 is 0 Å². The average molecular weight is 501 g/mol. The molecule has 2 saturated heterocycles. The number of piperidine rings is 1. The van der Waals surface area contributed by atoms with Gasteiger partial charge in [0.15, 0.2) is 6.29 Å². The summed E-state index contributed by atoms with van der Waals surface area (Å²) in [5, 5.41) is 22.5. The summed E-state index contributed by atoms with van der Waals surface area (Å²) in [6, 6.07) is 9.66. The highest BCUT2D eigenvalue weighted by Crippen LogP contribution is 2.35. The highest BCUT2D eigenvalue weighted by Gasteiger charge is 2.41. The fourth-order valence-electron chi connectivity index (χ4n) is 5.80. The van der Waals surface area contributed by atoms with Crippen molar-refractivity contribution in [3.05, 3.63) is 46.2 Å². The van der Waals surface area contributed by atoms with Crippen LogP contribution < -0.4 is 10.9 Å². The molecule has 10 nitrogen and oxygen atoms in total. The van der Waals surface area contributed by atoms with Gasteiger partial charge >= 0.3 is 6.09 Å². The molecule has 2 amide bonds. The highest BCUT2D eigenvalue weighted by atomic mass is 16.5. The quantitative estimate of drug-likeness (QED) is 0.471. The number of benzene rings is 1. The van der Waals surface area contributed by atoms with Crippen molar-refractivity contribution < 1.29 is 24.5 Å². The monoisotopic (exact) mass is 500 g/mol. The molecule has 3 N–H and O–H groups in total. The number of nitrogens with zero attached hydrogens (tertiary/aromatic N) is 3. The molecule has 0 spiro atoms. The van der Waals surface area contributed by atoms with E-state index in [1.165, 1.54) is 12.0 Å². The summed E-state index contributed by atoms with van der Waals surface area (Å²) in [6.07, 6.45) is 1.28. The summed E-state index contributed by atoms with van der Waals surface area (Å²) in [6.45, 7) is 4.56. The number of pyridine rings is 1. The number of methoxy groups -OCH3 is 1. The van der Waals surface area contributed by atoms with Crippen LogP contribution in [0, 0.1) is 0 Å². The van der Waals surface area contributed by atoms with Crippen LogP contribution in [0.2, 0.25) is 0 Å². The Morgan fingerprint density at radius 1 is 1.17 bits per heavy atom. The number of ether oxygens (including phenoxy) is 1. The number of nitrogens with one attached hydrogen (secondary N) is 1. The van der Waals surface area contributed by atoms with E-state index in [0.717, 1.165) is 36.6 Å². The van der Waals surface area contributed by atoms with Crippen molar-refractivity contribution >= 4 is 22.9 Å². The predicted octanol–water partition coefficient (Wildman–Crippen LogP) is 1.69. The highest BCUT2D eigenvalue weighted by molar-refractivity contribution is 5.97. The van der Waals surface area contributed by atoms with Gasteiger partial charge in [-0.05, 0) is 57.0 Å². The molecular formula is C26H36N4O6. The molecule has 36 heavy (non-hydrogen) atoms. The zero-order valence-corrected chi connectivity index (χ0v) is 21.1. The Morgan fingerprint density at radius 3 is 2.44 bits per heavy atom. The Morgan fingerprint density at radius 2 is 1.83 bits per heavy atom. The molecule has 2 bridgehead atoms. The predicted molar refractivity (Wildman–Crippen MR) is 135 cm³/mol. The number of aromatic nitrogens is 1. The molecule has 1 aromatic carbocycles. The molecule has 3 heterocycles. The van der Waals surface area contributed by atoms with Gasteiger partial charge in [-0.1, -0.05) is 18.2 Å². The van der Waals surface area contributed by atoms with Gasteiger partial charge in [0.05, 0.1) is 19.2 Å². The number of hydrogen-bond donors (Lipinski definition) is 3. The second-order valence-corrected chi connectivity index (χ2v) is 10.0. The van der Waals surface area contributed by atoms with Crippen LogP contribution in [0.4, 0.5) is 4.79 Å². The van der Waals surface area contributed by atoms with Crippen molar-refractivity contribution in [3.63, 3.8) is 0 Å². The van der Waals surface area contributed by atoms with Crippen molar-refractivity contribution in [2.75, 3.05) is 26.7 Å². The number of rotatable bonds is 8. The van der Waals surface area contributed by atoms with E-state index in [1.807, 2.05) is 38.1 Å². The van der Waals surface area contributed by atoms with Crippen LogP contribution >= 0.6 is 0 Å². The van der Waals surface area contributed by atoms with Gasteiger partial charge in [0.1, 0.15) is 5.56 Å². The summed E-state index contributed by atoms with van der Waals surface area (Å²) in [4.78, 5) is 42.1. The standard InChI is InChI=1S/C26H36N4O6/c1-16(2)30-22-7-5-4-6-17(22)12-21(25(30)34)24(33)27-18-13-19-8-9-20(14-18)29(19)11-10-28(15-23(31)32)26(35)36-3/h4-7,12,16,18-20,23,31-32H,8-11,13-15H2,1-3H3,(H,27,33)/t18-,19-,20+. The smallest absolute Gasteiger partial charge is 0.409 e. The number of para-hydroxylation sites is 1. The van der Waals surface area contributed by atoms with E-state index in [-0.39, 0.29) is 47.7 Å². The number of amides is 2. The third-order valence-electron chi connectivity index (χ3n) is 7.37. The molecule has 2 aromatic rings. The maximum absolute atomic E-state index is 13.2. The maximum Gasteiger partial charge on any atom is 0.409 e. The maximum atomic E-state index is 13.2. The molecule has 196 valence electrons. The lowest BCUT2D eigenvalue weighted by Gasteiger charge is -2.40. The molecular weight excluding hydrogens is 464 g/mol. The lowest BCUT2D eigenvalue weighted by molar-refractivity contribution is -0.0599. The fraction of sp³-hybridized carbons (Fsp3) is 0.577. The van der Waals surface area contributed by atoms with Crippen molar-refractivity contribution in [3.8, 4) is 0 Å². The molecule has 1 aromatic heterocycles. The third-order valence-corrected chi connectivity index (χ3v) is 7.37. The Hall–Kier alpha value is -2.95. The van der Waals surface area contributed by atoms with Gasteiger partial charge in [0, 0.05) is 37.3 Å². The molecule has 0 unspecified atom stereocenters. The number of hydrogen-bond acceptors (Lipinski definition) is 7. The minimum Gasteiger partial charge on any atom is -0.453 e. The number of aliphatic hydroxyl groups is 2. The summed E-state index contributed by atoms with van der Waals surface area (Å²) >= 11 is 0. The Bertz CT molecular complexity index is 1150. The summed E-state index contributed by atoms with van der Waals surface area (Å²) in [7, 11) is 1.27. The lowest BCUT2D eigenvalue weighted by Crippen LogP contribution is -2.53. The molecule has 2 fully saturated rings. The van der Waals surface area contributed by atoms with Crippen LogP contribution in [0.3, 0.4) is 0 Å². The summed E-state index contributed by atoms with van der Waals surface area (Å²) in [5.74, 6) is -0.341. The average Bonchev–Trinajstić information content (AvgIpc) is 3.07. The van der Waals surface area contributed by atoms with Crippen LogP contribution in [0.25, 0.3) is 10.9 Å². The second-order valence-electron chi connectivity index (χ2n) is 10.0. The lowest BCUT2D eigenvalue weighted by atomic mass is 9.96. The topological polar surface area (TPSA) is 124 Å². The molecule has 4 rings (SSSR count). The van der Waals surface area contributed by atoms with Crippen molar-refractivity contribution in [1.29, 1.82) is 0 Å². The van der Waals surface area contributed by atoms with Crippen LogP contribution in [-0.4, -0.2) is 87.7 Å². The van der Waals surface area contributed by atoms with Crippen molar-refractivity contribution in [1.82, 2.24) is 19.7 Å². The first-order chi connectivity index (χ1) is 17.2. The van der Waals surface area contributed by atoms with Crippen molar-refractivity contribution in [2.45, 2.75) is 70.0 Å². The van der Waals surface area contributed by atoms with Gasteiger partial charge in [0.2, 0.25) is 0 Å². The summed E-state index contributed by atoms with van der Waals surface area (Å²) < 4.78 is 6.43. The van der Waals surface area contributed by atoms with E-state index in [1.54, 1.807) is 10.6 Å². The van der Waals surface area contributed by atoms with Gasteiger partial charge in [0.25, 0.3) is 11.5 Å². The van der Waals surface area contributed by atoms with Crippen LogP contribution in [0.15, 0.2) is 35.1 Å². The Labute approximate surface area is 210 Å². The Kier molecular flexibility index (Phi) is 7.97. The van der Waals surface area contributed by atoms with Crippen molar-refractivity contribution in [2.24, 2.45) is 0 Å². The van der Waals surface area contributed by atoms with Gasteiger partial charge in [-0.3, -0.25) is 14.5 Å². The van der Waals surface area contributed by atoms with E-state index in [0.29, 0.717) is 13.1 Å². The molecule has 0 radical (unpaired) electrons. The molecule has 0 saturated carbocycles. The zero-order valence-electron chi connectivity index (χ0n) is 21.1. The number of carbonyl (C=O) groups excluding carboxylic acids is 2. The SMILES string of the molecule is COC(=O)N(CCN1[C@@H]2CC[C@H]1C[C@H](NC(=O)c1cc3ccccc3n(C(C)C)c1=O)C2)CC(O)O. The van der Waals surface area contributed by atoms with Crippen LogP contribution in [0.1, 0.15) is 55.9 Å². The molecule has 2 aliphatic rings. The first-order valence-electron chi connectivity index (χ1n) is 12.6. The number of aliphatic hydroxyl groups excluding tert-OH is 1. The van der Waals surface area contributed by atoms with Gasteiger partial charge in [-0.25, -0.2) is 4.79 Å². The third kappa shape index (κ3) is 5.40. The number of fused-ring (bicyclic) bond motifs is 3. The normalized spacial score (nSPS) is 21.8. The minimum absolute atomic E-state index is 0.0411. The summed E-state index contributed by atoms with van der Waals surface area (Å²) in [5.41, 5.74) is 0.694. The van der Waals surface area contributed by atoms with E-state index in [9.17, 15) is 24.6 Å². The first kappa shape index (κ1) is 26.1. The largest absolute Gasteiger partial charge is 0.453 e. The molecule has 3 atom stereocenters. The van der Waals surface area contributed by atoms with E-state index in [2.05, 4.69) is 10.2 Å². The Balaban J connectivity index is 1.43. The van der Waals surface area contributed by atoms with Crippen LogP contribution in [0.5, 0.6) is 0 Å². The van der Waals surface area contributed by atoms with Gasteiger partial charge in [-0.15, -0.1) is 0 Å². The van der Waals surface area contributed by atoms with Gasteiger partial charge < -0.3 is 29.7 Å². The molecule has 10 heteroatoms. The number of carbonyl (C=O) groups is 2. The second kappa shape index (κ2) is 11.0. The van der Waals surface area contributed by atoms with Gasteiger partial charge in [-0.2, -0.15) is 0 Å². The van der Waals surface area contributed by atoms with E-state index in [4.69, 9.17) is 4.74 Å². The van der Waals surface area contributed by atoms with Crippen LogP contribution in [-0.2, 0) is 4.74 Å². The molecule has 0 aliphatic carbocycles. The molecule has 2 aliphatic heterocycles.